The largest absolute Gasteiger partial charge is 0.416 e. The number of carbonyl (C=O) groups is 1. The Kier molecular flexibility index (Phi) is 6.28. The fraction of sp³-hybridized carbons (Fsp3) is 0.211. The van der Waals surface area contributed by atoms with E-state index >= 15 is 0 Å². The summed E-state index contributed by atoms with van der Waals surface area (Å²) in [5, 5.41) is 2.45. The van der Waals surface area contributed by atoms with Crippen LogP contribution in [-0.2, 0) is 16.0 Å². The molecule has 142 valence electrons. The predicted octanol–water partition coefficient (Wildman–Crippen LogP) is 3.28. The van der Waals surface area contributed by atoms with Crippen molar-refractivity contribution in [3.63, 3.8) is 0 Å². The Bertz CT molecular complexity index is 1000. The Morgan fingerprint density at radius 2 is 1.81 bits per heavy atom. The molecule has 27 heavy (non-hydrogen) atoms. The van der Waals surface area contributed by atoms with Crippen LogP contribution in [0.4, 0.5) is 13.2 Å². The van der Waals surface area contributed by atoms with Crippen molar-refractivity contribution in [2.75, 3.05) is 12.3 Å². The zero-order chi connectivity index (χ0) is 20.1. The molecule has 2 aromatic rings. The van der Waals surface area contributed by atoms with E-state index in [9.17, 15) is 26.4 Å². The second kappa shape index (κ2) is 8.27. The minimum atomic E-state index is -4.46. The Hall–Kier alpha value is -2.79. The van der Waals surface area contributed by atoms with E-state index in [1.54, 1.807) is 0 Å². The monoisotopic (exact) mass is 395 g/mol. The van der Waals surface area contributed by atoms with Gasteiger partial charge in [0.2, 0.25) is 0 Å². The zero-order valence-electron chi connectivity index (χ0n) is 14.3. The van der Waals surface area contributed by atoms with E-state index in [0.717, 1.165) is 12.1 Å². The summed E-state index contributed by atoms with van der Waals surface area (Å²) in [4.78, 5) is 12.2. The summed E-state index contributed by atoms with van der Waals surface area (Å²) in [6.45, 7) is 1.33. The fourth-order valence-electron chi connectivity index (χ4n) is 2.22. The van der Waals surface area contributed by atoms with Gasteiger partial charge in [-0.2, -0.15) is 13.2 Å². The lowest BCUT2D eigenvalue weighted by molar-refractivity contribution is -0.137. The van der Waals surface area contributed by atoms with Gasteiger partial charge in [-0.15, -0.1) is 0 Å². The number of rotatable bonds is 4. The van der Waals surface area contributed by atoms with E-state index in [-0.39, 0.29) is 28.3 Å². The summed E-state index contributed by atoms with van der Waals surface area (Å²) >= 11 is 0. The third-order valence-corrected chi connectivity index (χ3v) is 5.39. The SMILES string of the molecule is CCS(=O)(=O)c1ccccc1C(=O)NCC#Cc1cccc(C(F)(F)F)c1. The molecule has 1 amide bonds. The average molecular weight is 395 g/mol. The zero-order valence-corrected chi connectivity index (χ0v) is 15.1. The van der Waals surface area contributed by atoms with Crippen molar-refractivity contribution in [1.82, 2.24) is 5.32 Å². The normalized spacial score (nSPS) is 11.4. The van der Waals surface area contributed by atoms with E-state index in [2.05, 4.69) is 17.2 Å². The molecule has 0 aromatic heterocycles. The second-order valence-electron chi connectivity index (χ2n) is 5.46. The van der Waals surface area contributed by atoms with Crippen LogP contribution in [0.2, 0.25) is 0 Å². The van der Waals surface area contributed by atoms with E-state index in [1.165, 1.54) is 43.3 Å². The molecular formula is C19H16F3NO3S. The number of nitrogens with one attached hydrogen (secondary N) is 1. The smallest absolute Gasteiger partial charge is 0.341 e. The first kappa shape index (κ1) is 20.5. The van der Waals surface area contributed by atoms with Gasteiger partial charge in [0.05, 0.1) is 28.3 Å². The molecule has 0 spiro atoms. The number of benzene rings is 2. The van der Waals surface area contributed by atoms with Crippen molar-refractivity contribution >= 4 is 15.7 Å². The molecule has 2 aromatic carbocycles. The fourth-order valence-corrected chi connectivity index (χ4v) is 3.31. The van der Waals surface area contributed by atoms with Gasteiger partial charge in [-0.1, -0.05) is 37.0 Å². The molecule has 0 saturated carbocycles. The number of alkyl halides is 3. The standard InChI is InChI=1S/C19H16F3NO3S/c1-2-27(25,26)17-11-4-3-10-16(17)18(24)23-12-6-8-14-7-5-9-15(13-14)19(20,21)22/h3-5,7,9-11,13H,2,12H2,1H3,(H,23,24). The van der Waals surface area contributed by atoms with Crippen LogP contribution in [0.25, 0.3) is 0 Å². The van der Waals surface area contributed by atoms with Gasteiger partial charge in [0.15, 0.2) is 9.84 Å². The van der Waals surface area contributed by atoms with E-state index in [1.807, 2.05) is 0 Å². The Balaban J connectivity index is 2.10. The maximum Gasteiger partial charge on any atom is 0.416 e. The number of hydrogen-bond donors (Lipinski definition) is 1. The lowest BCUT2D eigenvalue weighted by Crippen LogP contribution is -2.25. The van der Waals surface area contributed by atoms with Gasteiger partial charge in [0, 0.05) is 5.56 Å². The summed E-state index contributed by atoms with van der Waals surface area (Å²) in [6, 6.07) is 10.3. The molecule has 2 rings (SSSR count). The number of carbonyl (C=O) groups excluding carboxylic acids is 1. The quantitative estimate of drug-likeness (QED) is 0.809. The summed E-state index contributed by atoms with van der Waals surface area (Å²) < 4.78 is 62.1. The maximum atomic E-state index is 12.7. The highest BCUT2D eigenvalue weighted by Crippen LogP contribution is 2.29. The minimum Gasteiger partial charge on any atom is -0.341 e. The first-order chi connectivity index (χ1) is 12.6. The molecule has 0 aliphatic carbocycles. The van der Waals surface area contributed by atoms with Gasteiger partial charge in [0.1, 0.15) is 0 Å². The predicted molar refractivity (Wildman–Crippen MR) is 94.8 cm³/mol. The molecule has 0 aliphatic rings. The third-order valence-electron chi connectivity index (χ3n) is 3.61. The highest BCUT2D eigenvalue weighted by atomic mass is 32.2. The van der Waals surface area contributed by atoms with E-state index in [4.69, 9.17) is 0 Å². The molecule has 0 atom stereocenters. The summed E-state index contributed by atoms with van der Waals surface area (Å²) in [5.41, 5.74) is -0.648. The summed E-state index contributed by atoms with van der Waals surface area (Å²) in [7, 11) is -3.57. The van der Waals surface area contributed by atoms with Gasteiger partial charge >= 0.3 is 6.18 Å². The average Bonchev–Trinajstić information content (AvgIpc) is 2.64. The van der Waals surface area contributed by atoms with Crippen LogP contribution >= 0.6 is 0 Å². The van der Waals surface area contributed by atoms with Gasteiger partial charge < -0.3 is 5.32 Å². The van der Waals surface area contributed by atoms with E-state index < -0.39 is 27.5 Å². The molecule has 0 bridgehead atoms. The van der Waals surface area contributed by atoms with Crippen LogP contribution in [0.3, 0.4) is 0 Å². The topological polar surface area (TPSA) is 63.2 Å². The van der Waals surface area contributed by atoms with Crippen LogP contribution < -0.4 is 5.32 Å². The molecular weight excluding hydrogens is 379 g/mol. The molecule has 8 heteroatoms. The second-order valence-corrected chi connectivity index (χ2v) is 7.71. The molecule has 0 unspecified atom stereocenters. The highest BCUT2D eigenvalue weighted by molar-refractivity contribution is 7.91. The lowest BCUT2D eigenvalue weighted by atomic mass is 10.1. The molecule has 0 saturated heterocycles. The Morgan fingerprint density at radius 1 is 1.11 bits per heavy atom. The molecule has 1 N–H and O–H groups in total. The highest BCUT2D eigenvalue weighted by Gasteiger charge is 2.30. The maximum absolute atomic E-state index is 12.7. The van der Waals surface area contributed by atoms with Crippen molar-refractivity contribution in [3.05, 3.63) is 65.2 Å². The molecule has 0 radical (unpaired) electrons. The van der Waals surface area contributed by atoms with Gasteiger partial charge in [-0.05, 0) is 30.3 Å². The summed E-state index contributed by atoms with van der Waals surface area (Å²) in [5.74, 6) is 4.32. The molecule has 0 fully saturated rings. The third kappa shape index (κ3) is 5.34. The Labute approximate surface area is 155 Å². The number of amides is 1. The Morgan fingerprint density at radius 3 is 2.48 bits per heavy atom. The van der Waals surface area contributed by atoms with Crippen molar-refractivity contribution in [1.29, 1.82) is 0 Å². The number of sulfone groups is 1. The van der Waals surface area contributed by atoms with Crippen molar-refractivity contribution < 1.29 is 26.4 Å². The minimum absolute atomic E-state index is 0.000203. The summed E-state index contributed by atoms with van der Waals surface area (Å²) in [6.07, 6.45) is -4.46. The van der Waals surface area contributed by atoms with Gasteiger partial charge in [-0.25, -0.2) is 8.42 Å². The first-order valence-electron chi connectivity index (χ1n) is 7.91. The first-order valence-corrected chi connectivity index (χ1v) is 9.56. The van der Waals surface area contributed by atoms with Crippen LogP contribution in [-0.4, -0.2) is 26.6 Å². The van der Waals surface area contributed by atoms with Crippen LogP contribution in [0.5, 0.6) is 0 Å². The van der Waals surface area contributed by atoms with Gasteiger partial charge in [-0.3, -0.25) is 4.79 Å². The molecule has 0 aliphatic heterocycles. The van der Waals surface area contributed by atoms with Crippen LogP contribution in [0, 0.1) is 11.8 Å². The van der Waals surface area contributed by atoms with Crippen LogP contribution in [0.1, 0.15) is 28.4 Å². The number of halogens is 3. The lowest BCUT2D eigenvalue weighted by Gasteiger charge is -2.08. The molecule has 4 nitrogen and oxygen atoms in total. The van der Waals surface area contributed by atoms with Crippen LogP contribution in [0.15, 0.2) is 53.4 Å². The van der Waals surface area contributed by atoms with E-state index in [0.29, 0.717) is 0 Å². The van der Waals surface area contributed by atoms with Crippen molar-refractivity contribution in [2.45, 2.75) is 18.0 Å². The van der Waals surface area contributed by atoms with Crippen molar-refractivity contribution in [3.8, 4) is 11.8 Å². The molecule has 0 heterocycles. The number of hydrogen-bond acceptors (Lipinski definition) is 3. The van der Waals surface area contributed by atoms with Crippen molar-refractivity contribution in [2.24, 2.45) is 0 Å². The van der Waals surface area contributed by atoms with Gasteiger partial charge in [0.25, 0.3) is 5.91 Å².